The van der Waals surface area contributed by atoms with Crippen molar-refractivity contribution >= 4 is 35.3 Å². The first kappa shape index (κ1) is 35.7. The van der Waals surface area contributed by atoms with Gasteiger partial charge in [-0.1, -0.05) is 35.4 Å². The van der Waals surface area contributed by atoms with Crippen molar-refractivity contribution in [3.63, 3.8) is 0 Å². The number of esters is 1. The molecule has 0 spiro atoms. The van der Waals surface area contributed by atoms with Crippen LogP contribution in [0.5, 0.6) is 5.75 Å². The monoisotopic (exact) mass is 664 g/mol. The van der Waals surface area contributed by atoms with Gasteiger partial charge in [0.25, 0.3) is 0 Å². The molecule has 1 aromatic rings. The Labute approximate surface area is 274 Å². The van der Waals surface area contributed by atoms with Gasteiger partial charge in [-0.15, -0.1) is 0 Å². The maximum absolute atomic E-state index is 13.9. The van der Waals surface area contributed by atoms with Crippen LogP contribution in [-0.4, -0.2) is 97.7 Å². The minimum Gasteiger partial charge on any atom is -0.495 e. The first-order valence-electron chi connectivity index (χ1n) is 15.0. The molecule has 4 aliphatic heterocycles. The Morgan fingerprint density at radius 1 is 1.26 bits per heavy atom. The first-order chi connectivity index (χ1) is 21.4. The Bertz CT molecular complexity index is 1410. The highest BCUT2D eigenvalue weighted by atomic mass is 35.5. The molecule has 13 nitrogen and oxygen atoms in total. The number of carbonyl (C=O) groups excluding carboxylic acids is 3. The highest BCUT2D eigenvalue weighted by Gasteiger charge is 2.63. The average molecular weight is 665 g/mol. The highest BCUT2D eigenvalue weighted by molar-refractivity contribution is 6.35. The van der Waals surface area contributed by atoms with E-state index in [1.54, 1.807) is 52.1 Å². The number of hydrazine groups is 1. The van der Waals surface area contributed by atoms with Gasteiger partial charge in [0.05, 0.1) is 19.2 Å². The molecule has 5 rings (SSSR count). The lowest BCUT2D eigenvalue weighted by molar-refractivity contribution is -0.328. The summed E-state index contributed by atoms with van der Waals surface area (Å²) in [7, 11) is 6.05. The van der Waals surface area contributed by atoms with Gasteiger partial charge >= 0.3 is 12.1 Å². The third-order valence-corrected chi connectivity index (χ3v) is 9.45. The number of nitrogens with one attached hydrogen (secondary N) is 1. The van der Waals surface area contributed by atoms with E-state index in [1.807, 2.05) is 13.0 Å². The van der Waals surface area contributed by atoms with Crippen LogP contribution in [0.4, 0.5) is 10.5 Å². The normalized spacial score (nSPS) is 34.4. The Morgan fingerprint density at radius 2 is 1.93 bits per heavy atom. The second-order valence-corrected chi connectivity index (χ2v) is 13.2. The number of alkyl carbamates (subject to hydrolysis) is 1. The van der Waals surface area contributed by atoms with Crippen LogP contribution < -0.4 is 20.8 Å². The van der Waals surface area contributed by atoms with Crippen LogP contribution in [0.25, 0.3) is 0 Å². The van der Waals surface area contributed by atoms with Gasteiger partial charge in [0, 0.05) is 34.0 Å². The molecule has 254 valence electrons. The maximum Gasteiger partial charge on any atom is 0.409 e. The van der Waals surface area contributed by atoms with Crippen LogP contribution in [0.2, 0.25) is 5.02 Å². The summed E-state index contributed by atoms with van der Waals surface area (Å²) in [5.41, 5.74) is -1.90. The number of nitrogens with zero attached hydrogens (tertiary/aromatic N) is 2. The lowest BCUT2D eigenvalue weighted by Crippen LogP contribution is -2.72. The molecule has 7 atom stereocenters. The number of benzene rings is 1. The fourth-order valence-corrected chi connectivity index (χ4v) is 6.62. The lowest BCUT2D eigenvalue weighted by Gasteiger charge is -2.59. The molecule has 4 heterocycles. The number of allylic oxidation sites excluding steroid dienone is 3. The topological polar surface area (TPSA) is 162 Å². The molecule has 6 bridgehead atoms. The van der Waals surface area contributed by atoms with Gasteiger partial charge in [-0.2, -0.15) is 0 Å². The van der Waals surface area contributed by atoms with Crippen LogP contribution in [0.3, 0.4) is 0 Å². The fraction of sp³-hybridized carbons (Fsp3) is 0.594. The summed E-state index contributed by atoms with van der Waals surface area (Å²) in [6.45, 7) is 6.97. The van der Waals surface area contributed by atoms with E-state index in [4.69, 9.17) is 41.1 Å². The van der Waals surface area contributed by atoms with Gasteiger partial charge in [-0.3, -0.25) is 20.7 Å². The SMILES string of the molecule is COc1cc2cc(c1Cl)N(C)C(=O)C[C@H](OC(=O)[C@H](C)N(C)N)[C@@]1(C)CC(C)(O1)[C@@H]1C[C@@](O)(NC(=O)O1)[C@H](OC)/C=C/C=C(\C)C2. The molecule has 4 aliphatic rings. The molecule has 2 fully saturated rings. The Hall–Kier alpha value is -3.20. The van der Waals surface area contributed by atoms with Crippen LogP contribution in [0.15, 0.2) is 35.9 Å². The number of rotatable bonds is 5. The summed E-state index contributed by atoms with van der Waals surface area (Å²) in [6, 6.07) is 2.79. The number of halogens is 1. The van der Waals surface area contributed by atoms with Crippen molar-refractivity contribution in [2.75, 3.05) is 33.2 Å². The zero-order valence-corrected chi connectivity index (χ0v) is 28.3. The summed E-state index contributed by atoms with van der Waals surface area (Å²) >= 11 is 6.70. The average Bonchev–Trinajstić information content (AvgIpc) is 2.96. The molecule has 14 heteroatoms. The molecule has 4 N–H and O–H groups in total. The maximum atomic E-state index is 13.9. The first-order valence-corrected chi connectivity index (χ1v) is 15.4. The second kappa shape index (κ2) is 13.5. The van der Waals surface area contributed by atoms with Gasteiger partial charge in [0.1, 0.15) is 46.3 Å². The van der Waals surface area contributed by atoms with Crippen molar-refractivity contribution in [3.05, 3.63) is 46.5 Å². The van der Waals surface area contributed by atoms with Crippen molar-refractivity contribution < 1.29 is 43.2 Å². The minimum atomic E-state index is -1.82. The number of ether oxygens (including phenoxy) is 5. The fourth-order valence-electron chi connectivity index (χ4n) is 6.30. The quantitative estimate of drug-likeness (QED) is 0.241. The Balaban J connectivity index is 1.80. The van der Waals surface area contributed by atoms with Crippen molar-refractivity contribution in [2.45, 2.75) is 94.7 Å². The number of fused-ring (bicyclic) bond motifs is 6. The van der Waals surface area contributed by atoms with Gasteiger partial charge < -0.3 is 33.7 Å². The molecule has 0 aromatic heterocycles. The van der Waals surface area contributed by atoms with Crippen LogP contribution in [0.1, 0.15) is 52.5 Å². The van der Waals surface area contributed by atoms with E-state index >= 15 is 0 Å². The van der Waals surface area contributed by atoms with Crippen LogP contribution >= 0.6 is 11.6 Å². The number of methoxy groups -OCH3 is 2. The summed E-state index contributed by atoms with van der Waals surface area (Å²) in [5, 5.41) is 15.6. The number of hydrogen-bond acceptors (Lipinski definition) is 11. The van der Waals surface area contributed by atoms with Gasteiger partial charge in [0.2, 0.25) is 5.91 Å². The second-order valence-electron chi connectivity index (χ2n) is 12.8. The van der Waals surface area contributed by atoms with Gasteiger partial charge in [-0.25, -0.2) is 9.80 Å². The minimum absolute atomic E-state index is 0.0673. The standard InChI is InChI=1S/C32H45ClN4O9/c1-18-10-9-11-23(43-8)32(41)16-25(45-29(40)35-32)31(4)17-30(3,46-31)24(44-28(39)19(2)37(6)34)15-26(38)36(5)21-13-20(12-18)14-22(42-7)27(21)33/h9-11,13-14,19,23-25,41H,12,15-17,34H2,1-8H3,(H,35,40)/b11-9+,18-10+/t19-,23+,24-,25-,30+,31?,32-/m0/s1. The Morgan fingerprint density at radius 3 is 2.54 bits per heavy atom. The molecule has 1 aromatic carbocycles. The van der Waals surface area contributed by atoms with Crippen LogP contribution in [0, 0.1) is 0 Å². The predicted molar refractivity (Wildman–Crippen MR) is 170 cm³/mol. The van der Waals surface area contributed by atoms with Crippen molar-refractivity contribution in [1.29, 1.82) is 0 Å². The van der Waals surface area contributed by atoms with E-state index in [2.05, 4.69) is 5.32 Å². The van der Waals surface area contributed by atoms with E-state index in [0.717, 1.165) is 11.1 Å². The van der Waals surface area contributed by atoms with Crippen LogP contribution in [-0.2, 0) is 35.0 Å². The van der Waals surface area contributed by atoms with Crippen molar-refractivity contribution in [3.8, 4) is 5.75 Å². The molecule has 2 amide bonds. The van der Waals surface area contributed by atoms with E-state index in [-0.39, 0.29) is 24.3 Å². The van der Waals surface area contributed by atoms with E-state index < -0.39 is 59.3 Å². The molecule has 0 saturated carbocycles. The van der Waals surface area contributed by atoms with Gasteiger partial charge in [0.15, 0.2) is 5.72 Å². The van der Waals surface area contributed by atoms with Crippen molar-refractivity contribution in [2.24, 2.45) is 5.84 Å². The summed E-state index contributed by atoms with van der Waals surface area (Å²) in [4.78, 5) is 41.2. The highest BCUT2D eigenvalue weighted by Crippen LogP contribution is 2.50. The number of hydrogen-bond donors (Lipinski definition) is 3. The molecule has 46 heavy (non-hydrogen) atoms. The third kappa shape index (κ3) is 7.19. The number of likely N-dealkylation sites (N-methyl/N-ethyl adjacent to an activating group) is 1. The number of carbonyl (C=O) groups is 3. The number of aliphatic hydroxyl groups is 1. The molecule has 0 radical (unpaired) electrons. The Kier molecular flexibility index (Phi) is 10.5. The zero-order chi connectivity index (χ0) is 34.2. The number of nitrogens with two attached hydrogens (primary N) is 1. The van der Waals surface area contributed by atoms with Crippen molar-refractivity contribution in [1.82, 2.24) is 10.3 Å². The molecular formula is C32H45ClN4O9. The summed E-state index contributed by atoms with van der Waals surface area (Å²) in [6.07, 6.45) is 1.90. The van der Waals surface area contributed by atoms with E-state index in [9.17, 15) is 19.5 Å². The number of anilines is 1. The third-order valence-electron chi connectivity index (χ3n) is 9.07. The zero-order valence-electron chi connectivity index (χ0n) is 27.6. The number of amides is 2. The lowest BCUT2D eigenvalue weighted by atomic mass is 9.72. The molecule has 1 unspecified atom stereocenters. The van der Waals surface area contributed by atoms with E-state index in [0.29, 0.717) is 17.9 Å². The summed E-state index contributed by atoms with van der Waals surface area (Å²) in [5.74, 6) is 5.16. The molecular weight excluding hydrogens is 620 g/mol. The largest absolute Gasteiger partial charge is 0.495 e. The van der Waals surface area contributed by atoms with Gasteiger partial charge in [-0.05, 0) is 51.8 Å². The predicted octanol–water partition coefficient (Wildman–Crippen LogP) is 3.01. The smallest absolute Gasteiger partial charge is 0.409 e. The molecule has 2 saturated heterocycles. The molecule has 0 aliphatic carbocycles. The summed E-state index contributed by atoms with van der Waals surface area (Å²) < 4.78 is 29.1. The van der Waals surface area contributed by atoms with E-state index in [1.165, 1.54) is 31.2 Å².